The van der Waals surface area contributed by atoms with Crippen LogP contribution in [0.4, 0.5) is 0 Å². The molecule has 2 heteroatoms. The Morgan fingerprint density at radius 2 is 1.69 bits per heavy atom. The number of hydrogen-bond acceptors (Lipinski definition) is 1. The van der Waals surface area contributed by atoms with Crippen molar-refractivity contribution in [3.8, 4) is 0 Å². The van der Waals surface area contributed by atoms with E-state index in [1.807, 2.05) is 6.92 Å². The zero-order chi connectivity index (χ0) is 11.8. The predicted molar refractivity (Wildman–Crippen MR) is 68.4 cm³/mol. The summed E-state index contributed by atoms with van der Waals surface area (Å²) in [5.74, 6) is 1.18. The first kappa shape index (κ1) is 13.5. The van der Waals surface area contributed by atoms with E-state index in [0.717, 1.165) is 19.0 Å². The molecule has 16 heavy (non-hydrogen) atoms. The fraction of sp³-hybridized carbons (Fsp3) is 0.929. The molecule has 1 unspecified atom stereocenters. The predicted octanol–water partition coefficient (Wildman–Crippen LogP) is 3.61. The van der Waals surface area contributed by atoms with Gasteiger partial charge in [0.1, 0.15) is 0 Å². The second-order valence-corrected chi connectivity index (χ2v) is 5.18. The number of nitrogens with zero attached hydrogens (tertiary/aromatic N) is 1. The van der Waals surface area contributed by atoms with Gasteiger partial charge in [0.05, 0.1) is 0 Å². The van der Waals surface area contributed by atoms with Crippen molar-refractivity contribution in [1.29, 1.82) is 0 Å². The number of rotatable bonds is 1. The summed E-state index contributed by atoms with van der Waals surface area (Å²) in [5, 5.41) is 0. The number of hydrogen-bond donors (Lipinski definition) is 0. The van der Waals surface area contributed by atoms with Crippen LogP contribution >= 0.6 is 0 Å². The van der Waals surface area contributed by atoms with Crippen molar-refractivity contribution in [3.63, 3.8) is 0 Å². The molecule has 1 saturated heterocycles. The summed E-state index contributed by atoms with van der Waals surface area (Å²) in [6, 6.07) is 0. The van der Waals surface area contributed by atoms with E-state index in [2.05, 4.69) is 11.8 Å². The number of amides is 1. The topological polar surface area (TPSA) is 20.3 Å². The summed E-state index contributed by atoms with van der Waals surface area (Å²) >= 11 is 0. The maximum absolute atomic E-state index is 11.7. The van der Waals surface area contributed by atoms with Gasteiger partial charge in [-0.15, -0.1) is 0 Å². The average molecular weight is 225 g/mol. The quantitative estimate of drug-likeness (QED) is 0.667. The van der Waals surface area contributed by atoms with Crippen LogP contribution in [-0.4, -0.2) is 23.9 Å². The Bertz CT molecular complexity index is 203. The smallest absolute Gasteiger partial charge is 0.222 e. The molecule has 0 radical (unpaired) electrons. The number of carbonyl (C=O) groups is 1. The molecule has 1 fully saturated rings. The van der Waals surface area contributed by atoms with Gasteiger partial charge in [-0.05, 0) is 25.2 Å². The van der Waals surface area contributed by atoms with E-state index in [1.54, 1.807) is 0 Å². The second kappa shape index (κ2) is 7.70. The van der Waals surface area contributed by atoms with E-state index >= 15 is 0 Å². The first-order valence-electron chi connectivity index (χ1n) is 7.01. The lowest BCUT2D eigenvalue weighted by molar-refractivity contribution is -0.131. The normalized spacial score (nSPS) is 24.9. The Labute approximate surface area is 100 Å². The lowest BCUT2D eigenvalue weighted by Gasteiger charge is -2.22. The van der Waals surface area contributed by atoms with Gasteiger partial charge in [-0.3, -0.25) is 4.79 Å². The van der Waals surface area contributed by atoms with Crippen LogP contribution in [0.3, 0.4) is 0 Å². The van der Waals surface area contributed by atoms with Crippen molar-refractivity contribution in [2.45, 2.75) is 65.2 Å². The van der Waals surface area contributed by atoms with Crippen LogP contribution < -0.4 is 0 Å². The van der Waals surface area contributed by atoms with Crippen LogP contribution in [0.1, 0.15) is 65.2 Å². The highest BCUT2D eigenvalue weighted by atomic mass is 16.2. The van der Waals surface area contributed by atoms with Crippen molar-refractivity contribution in [2.75, 3.05) is 13.1 Å². The fourth-order valence-electron chi connectivity index (χ4n) is 2.51. The van der Waals surface area contributed by atoms with Crippen LogP contribution in [0.2, 0.25) is 0 Å². The van der Waals surface area contributed by atoms with E-state index in [4.69, 9.17) is 0 Å². The Balaban J connectivity index is 2.42. The Morgan fingerprint density at radius 1 is 1.06 bits per heavy atom. The molecule has 0 aliphatic carbocycles. The molecule has 0 bridgehead atoms. The van der Waals surface area contributed by atoms with E-state index in [1.165, 1.54) is 44.9 Å². The third-order valence-corrected chi connectivity index (χ3v) is 3.66. The summed E-state index contributed by atoms with van der Waals surface area (Å²) in [7, 11) is 0. The minimum absolute atomic E-state index is 0.340. The molecule has 2 nitrogen and oxygen atoms in total. The molecule has 1 rings (SSSR count). The molecule has 1 aliphatic heterocycles. The molecular formula is C14H27NO. The van der Waals surface area contributed by atoms with Crippen molar-refractivity contribution < 1.29 is 4.79 Å². The average Bonchev–Trinajstić information content (AvgIpc) is 2.33. The van der Waals surface area contributed by atoms with Gasteiger partial charge in [0.25, 0.3) is 0 Å². The van der Waals surface area contributed by atoms with Gasteiger partial charge in [0, 0.05) is 19.5 Å². The third-order valence-electron chi connectivity index (χ3n) is 3.66. The van der Waals surface area contributed by atoms with Crippen LogP contribution in [0, 0.1) is 5.92 Å². The zero-order valence-corrected chi connectivity index (χ0v) is 11.0. The maximum atomic E-state index is 11.7. The van der Waals surface area contributed by atoms with Crippen molar-refractivity contribution in [1.82, 2.24) is 4.90 Å². The second-order valence-electron chi connectivity index (χ2n) is 5.18. The van der Waals surface area contributed by atoms with Crippen LogP contribution in [0.15, 0.2) is 0 Å². The molecule has 0 saturated carbocycles. The molecule has 0 spiro atoms. The van der Waals surface area contributed by atoms with Gasteiger partial charge in [-0.2, -0.15) is 0 Å². The first-order chi connectivity index (χ1) is 7.74. The lowest BCUT2D eigenvalue weighted by atomic mass is 9.98. The van der Waals surface area contributed by atoms with Crippen molar-refractivity contribution in [3.05, 3.63) is 0 Å². The molecule has 1 amide bonds. The molecule has 0 aromatic heterocycles. The molecule has 1 heterocycles. The van der Waals surface area contributed by atoms with E-state index in [9.17, 15) is 4.79 Å². The van der Waals surface area contributed by atoms with Crippen LogP contribution in [-0.2, 0) is 4.79 Å². The summed E-state index contributed by atoms with van der Waals surface area (Å²) in [6.07, 6.45) is 9.72. The molecule has 94 valence electrons. The van der Waals surface area contributed by atoms with Gasteiger partial charge >= 0.3 is 0 Å². The fourth-order valence-corrected chi connectivity index (χ4v) is 2.51. The van der Waals surface area contributed by atoms with Crippen molar-refractivity contribution >= 4 is 5.91 Å². The van der Waals surface area contributed by atoms with Crippen molar-refractivity contribution in [2.24, 2.45) is 5.92 Å². The van der Waals surface area contributed by atoms with Crippen LogP contribution in [0.5, 0.6) is 0 Å². The largest absolute Gasteiger partial charge is 0.343 e. The SMILES string of the molecule is CCC(=O)N1CCCCCCC(C)CCC1. The monoisotopic (exact) mass is 225 g/mol. The van der Waals surface area contributed by atoms with Gasteiger partial charge in [-0.25, -0.2) is 0 Å². The summed E-state index contributed by atoms with van der Waals surface area (Å²) in [4.78, 5) is 13.8. The standard InChI is InChI=1S/C14H27NO/c1-3-14(16)15-11-7-5-4-6-9-13(2)10-8-12-15/h13H,3-12H2,1-2H3. The summed E-state index contributed by atoms with van der Waals surface area (Å²) in [5.41, 5.74) is 0. The van der Waals surface area contributed by atoms with Gasteiger partial charge in [0.2, 0.25) is 5.91 Å². The summed E-state index contributed by atoms with van der Waals surface area (Å²) in [6.45, 7) is 6.29. The van der Waals surface area contributed by atoms with E-state index < -0.39 is 0 Å². The highest BCUT2D eigenvalue weighted by molar-refractivity contribution is 5.75. The Hall–Kier alpha value is -0.530. The molecule has 1 atom stereocenters. The van der Waals surface area contributed by atoms with E-state index in [-0.39, 0.29) is 0 Å². The molecule has 0 aromatic rings. The molecule has 1 aliphatic rings. The zero-order valence-electron chi connectivity index (χ0n) is 11.0. The molecular weight excluding hydrogens is 198 g/mol. The van der Waals surface area contributed by atoms with Gasteiger partial charge in [-0.1, -0.05) is 39.5 Å². The summed E-state index contributed by atoms with van der Waals surface area (Å²) < 4.78 is 0. The lowest BCUT2D eigenvalue weighted by Crippen LogP contribution is -2.32. The minimum Gasteiger partial charge on any atom is -0.343 e. The Morgan fingerprint density at radius 3 is 2.44 bits per heavy atom. The van der Waals surface area contributed by atoms with Gasteiger partial charge in [0.15, 0.2) is 0 Å². The number of carbonyl (C=O) groups excluding carboxylic acids is 1. The van der Waals surface area contributed by atoms with E-state index in [0.29, 0.717) is 12.3 Å². The maximum Gasteiger partial charge on any atom is 0.222 e. The highest BCUT2D eigenvalue weighted by Gasteiger charge is 2.12. The highest BCUT2D eigenvalue weighted by Crippen LogP contribution is 2.17. The first-order valence-corrected chi connectivity index (χ1v) is 7.01. The molecule has 0 N–H and O–H groups in total. The Kier molecular flexibility index (Phi) is 6.51. The minimum atomic E-state index is 0.340. The molecule has 0 aromatic carbocycles. The van der Waals surface area contributed by atoms with Gasteiger partial charge < -0.3 is 4.90 Å². The third kappa shape index (κ3) is 5.00. The van der Waals surface area contributed by atoms with Crippen LogP contribution in [0.25, 0.3) is 0 Å².